The van der Waals surface area contributed by atoms with Crippen LogP contribution in [-0.2, 0) is 24.4 Å². The number of pyridine rings is 1. The number of anilines is 2. The molecule has 0 spiro atoms. The first kappa shape index (κ1) is 34.1. The van der Waals surface area contributed by atoms with Gasteiger partial charge in [-0.2, -0.15) is 5.10 Å². The monoisotopic (exact) mass is 735 g/mol. The highest BCUT2D eigenvalue weighted by Crippen LogP contribution is 2.72. The molecule has 1 aromatic carbocycles. The lowest BCUT2D eigenvalue weighted by atomic mass is 9.39. The Morgan fingerprint density at radius 2 is 1.77 bits per heavy atom. The van der Waals surface area contributed by atoms with Crippen LogP contribution >= 0.6 is 11.3 Å². The number of rotatable bonds is 10. The van der Waals surface area contributed by atoms with Crippen LogP contribution in [0.25, 0.3) is 21.3 Å². The van der Waals surface area contributed by atoms with Crippen molar-refractivity contribution in [1.82, 2.24) is 29.3 Å². The number of nitrogens with one attached hydrogen (secondary N) is 1. The van der Waals surface area contributed by atoms with Crippen molar-refractivity contribution in [1.29, 1.82) is 0 Å². The van der Waals surface area contributed by atoms with Crippen molar-refractivity contribution >= 4 is 44.4 Å². The smallest absolute Gasteiger partial charge is 0.355 e. The molecule has 1 aliphatic heterocycles. The van der Waals surface area contributed by atoms with Crippen LogP contribution in [0.2, 0.25) is 0 Å². The molecule has 2 atom stereocenters. The fourth-order valence-electron chi connectivity index (χ4n) is 11.3. The van der Waals surface area contributed by atoms with Gasteiger partial charge >= 0.3 is 5.97 Å². The highest BCUT2D eigenvalue weighted by Gasteiger charge is 2.66. The molecule has 4 saturated carbocycles. The third kappa shape index (κ3) is 5.91. The zero-order chi connectivity index (χ0) is 36.8. The molecule has 4 aromatic heterocycles. The Balaban J connectivity index is 0.959. The first-order valence-corrected chi connectivity index (χ1v) is 19.3. The van der Waals surface area contributed by atoms with E-state index < -0.39 is 5.97 Å². The number of aromatic carboxylic acids is 1. The number of benzene rings is 1. The van der Waals surface area contributed by atoms with Gasteiger partial charge in [0.25, 0.3) is 5.91 Å². The van der Waals surface area contributed by atoms with Crippen LogP contribution in [0.3, 0.4) is 0 Å². The van der Waals surface area contributed by atoms with Gasteiger partial charge in [0.1, 0.15) is 5.82 Å². The first-order valence-electron chi connectivity index (χ1n) is 18.4. The van der Waals surface area contributed by atoms with E-state index in [0.717, 1.165) is 65.8 Å². The second kappa shape index (κ2) is 12.2. The first-order chi connectivity index (χ1) is 25.4. The fraction of sp³-hybridized carbons (Fsp3) is 0.487. The van der Waals surface area contributed by atoms with E-state index in [0.29, 0.717) is 55.0 Å². The Hall–Kier alpha value is -4.66. The Bertz CT molecular complexity index is 2220. The lowest BCUT2D eigenvalue weighted by Gasteiger charge is -2.69. The average Bonchev–Trinajstić information content (AvgIpc) is 3.81. The van der Waals surface area contributed by atoms with Gasteiger partial charge in [0.05, 0.1) is 47.2 Å². The minimum absolute atomic E-state index is 0.0259. The zero-order valence-electron chi connectivity index (χ0n) is 30.4. The van der Waals surface area contributed by atoms with E-state index in [1.165, 1.54) is 17.8 Å². The molecule has 4 bridgehead atoms. The number of carbonyl (C=O) groups excluding carboxylic acids is 1. The number of para-hydroxylation sites is 1. The van der Waals surface area contributed by atoms with Crippen molar-refractivity contribution in [3.05, 3.63) is 71.7 Å². The van der Waals surface area contributed by atoms with Crippen molar-refractivity contribution < 1.29 is 19.4 Å². The topological polar surface area (TPSA) is 166 Å². The predicted octanol–water partition coefficient (Wildman–Crippen LogP) is 6.12. The van der Waals surface area contributed by atoms with E-state index in [9.17, 15) is 14.7 Å². The molecule has 0 radical (unpaired) electrons. The third-order valence-electron chi connectivity index (χ3n) is 12.1. The molecule has 5 aliphatic rings. The van der Waals surface area contributed by atoms with Crippen molar-refractivity contribution in [2.75, 3.05) is 29.9 Å². The van der Waals surface area contributed by atoms with E-state index in [-0.39, 0.29) is 33.4 Å². The number of carbonyl (C=O) groups is 2. The van der Waals surface area contributed by atoms with Gasteiger partial charge in [-0.05, 0) is 86.0 Å². The molecule has 276 valence electrons. The van der Waals surface area contributed by atoms with Crippen LogP contribution in [0.15, 0.2) is 48.9 Å². The molecule has 4 N–H and O–H groups in total. The number of ether oxygens (including phenoxy) is 1. The summed E-state index contributed by atoms with van der Waals surface area (Å²) in [5, 5.41) is 18.7. The number of amides is 1. The summed E-state index contributed by atoms with van der Waals surface area (Å²) in [6.07, 6.45) is 10.1. The molecule has 53 heavy (non-hydrogen) atoms. The maximum Gasteiger partial charge on any atom is 0.355 e. The SMILES string of the molecule is Cc1c(-c2ccc(N3CCn4cnc(C(=O)Nc5nc6ccccc6s5)c4C3)nc2C(=O)O)cnn1CC12CC3(C)CC(C)(C1)CC(OCCN)(C3)C2. The van der Waals surface area contributed by atoms with E-state index in [1.807, 2.05) is 52.8 Å². The summed E-state index contributed by atoms with van der Waals surface area (Å²) in [7, 11) is 0. The van der Waals surface area contributed by atoms with Crippen molar-refractivity contribution in [3.8, 4) is 11.1 Å². The number of nitrogens with two attached hydrogens (primary N) is 1. The molecule has 5 aromatic rings. The van der Waals surface area contributed by atoms with Gasteiger partial charge in [-0.15, -0.1) is 0 Å². The van der Waals surface area contributed by atoms with E-state index >= 15 is 0 Å². The largest absolute Gasteiger partial charge is 0.476 e. The van der Waals surface area contributed by atoms with Gasteiger partial charge in [-0.1, -0.05) is 37.3 Å². The maximum atomic E-state index is 13.4. The number of carboxylic acids is 1. The van der Waals surface area contributed by atoms with Gasteiger partial charge in [0.15, 0.2) is 16.5 Å². The molecule has 13 nitrogen and oxygen atoms in total. The molecule has 2 unspecified atom stereocenters. The number of hydrogen-bond donors (Lipinski definition) is 3. The summed E-state index contributed by atoms with van der Waals surface area (Å²) >= 11 is 1.41. The summed E-state index contributed by atoms with van der Waals surface area (Å²) in [5.41, 5.74) is 10.3. The average molecular weight is 736 g/mol. The van der Waals surface area contributed by atoms with Crippen LogP contribution in [0, 0.1) is 23.2 Å². The summed E-state index contributed by atoms with van der Waals surface area (Å²) in [6, 6.07) is 11.4. The normalized spacial score (nSPS) is 27.4. The van der Waals surface area contributed by atoms with Crippen LogP contribution in [0.4, 0.5) is 10.9 Å². The number of imidazole rings is 1. The highest BCUT2D eigenvalue weighted by molar-refractivity contribution is 7.22. The predicted molar refractivity (Wildman–Crippen MR) is 202 cm³/mol. The molecule has 5 heterocycles. The van der Waals surface area contributed by atoms with Crippen molar-refractivity contribution in [2.24, 2.45) is 22.0 Å². The van der Waals surface area contributed by atoms with E-state index in [1.54, 1.807) is 12.5 Å². The van der Waals surface area contributed by atoms with E-state index in [4.69, 9.17) is 20.6 Å². The van der Waals surface area contributed by atoms with Gasteiger partial charge < -0.3 is 25.0 Å². The quantitative estimate of drug-likeness (QED) is 0.152. The maximum absolute atomic E-state index is 13.4. The lowest BCUT2D eigenvalue weighted by molar-refractivity contribution is -0.247. The zero-order valence-corrected chi connectivity index (χ0v) is 31.2. The molecule has 4 aliphatic carbocycles. The lowest BCUT2D eigenvalue weighted by Crippen LogP contribution is -2.64. The van der Waals surface area contributed by atoms with Gasteiger partial charge in [-0.25, -0.2) is 19.7 Å². The molecule has 10 rings (SSSR count). The standard InChI is InChI=1S/C39H45N9O4S/c1-24-26(14-42-48(24)22-38-17-36(2)16-37(3,18-38)20-39(19-36,21-38)52-13-10-40)25-8-9-30(44-31(25)34(50)51)46-11-12-47-23-41-32(28(47)15-46)33(49)45-35-43-27-6-4-5-7-29(27)53-35/h4-9,14,23H,10-13,15-22,40H2,1-3H3,(H,50,51)(H,43,45,49). The molecular weight excluding hydrogens is 691 g/mol. The number of carboxylic acid groups (broad SMARTS) is 1. The van der Waals surface area contributed by atoms with Gasteiger partial charge in [-0.3, -0.25) is 14.8 Å². The Kier molecular flexibility index (Phi) is 7.85. The molecule has 0 saturated heterocycles. The number of thiazole rings is 1. The van der Waals surface area contributed by atoms with Gasteiger partial charge in [0.2, 0.25) is 0 Å². The minimum Gasteiger partial charge on any atom is -0.476 e. The molecule has 4 fully saturated rings. The number of fused-ring (bicyclic) bond motifs is 2. The molecule has 1 amide bonds. The molecular formula is C39H45N9O4S. The van der Waals surface area contributed by atoms with E-state index in [2.05, 4.69) is 33.8 Å². The fourth-order valence-corrected chi connectivity index (χ4v) is 12.2. The number of aromatic nitrogens is 6. The second-order valence-corrected chi connectivity index (χ2v) is 17.8. The van der Waals surface area contributed by atoms with Crippen molar-refractivity contribution in [2.45, 2.75) is 84.5 Å². The Labute approximate surface area is 311 Å². The minimum atomic E-state index is -1.10. The summed E-state index contributed by atoms with van der Waals surface area (Å²) in [6.45, 7) is 10.3. The van der Waals surface area contributed by atoms with Crippen molar-refractivity contribution in [3.63, 3.8) is 0 Å². The van der Waals surface area contributed by atoms with Crippen LogP contribution < -0.4 is 16.0 Å². The van der Waals surface area contributed by atoms with Gasteiger partial charge in [0, 0.05) is 43.0 Å². The number of nitrogens with zero attached hydrogens (tertiary/aromatic N) is 7. The Morgan fingerprint density at radius 3 is 2.53 bits per heavy atom. The summed E-state index contributed by atoms with van der Waals surface area (Å²) < 4.78 is 11.6. The molecule has 14 heteroatoms. The van der Waals surface area contributed by atoms with Crippen LogP contribution in [0.1, 0.15) is 84.7 Å². The number of hydrogen-bond acceptors (Lipinski definition) is 10. The third-order valence-corrected chi connectivity index (χ3v) is 13.0. The van der Waals surface area contributed by atoms with Crippen LogP contribution in [0.5, 0.6) is 0 Å². The summed E-state index contributed by atoms with van der Waals surface area (Å²) in [5.74, 6) is -0.913. The Morgan fingerprint density at radius 1 is 0.981 bits per heavy atom. The van der Waals surface area contributed by atoms with Crippen LogP contribution in [-0.4, -0.2) is 71.6 Å². The highest BCUT2D eigenvalue weighted by atomic mass is 32.1. The summed E-state index contributed by atoms with van der Waals surface area (Å²) in [4.78, 5) is 41.8. The second-order valence-electron chi connectivity index (χ2n) is 16.8.